The summed E-state index contributed by atoms with van der Waals surface area (Å²) in [6, 6.07) is 6.55. The van der Waals surface area contributed by atoms with Crippen LogP contribution >= 0.6 is 0 Å². The number of fused-ring (bicyclic) bond motifs is 1. The number of nitrogens with one attached hydrogen (secondary N) is 1. The summed E-state index contributed by atoms with van der Waals surface area (Å²) in [5.74, 6) is 0.620. The van der Waals surface area contributed by atoms with Crippen LogP contribution in [0.5, 0.6) is 0 Å². The van der Waals surface area contributed by atoms with Gasteiger partial charge in [-0.25, -0.2) is 14.4 Å². The van der Waals surface area contributed by atoms with Crippen molar-refractivity contribution in [1.29, 1.82) is 0 Å². The Morgan fingerprint density at radius 3 is 2.75 bits per heavy atom. The fraction of sp³-hybridized carbons (Fsp3) is 0.375. The average molecular weight is 271 g/mol. The van der Waals surface area contributed by atoms with Crippen molar-refractivity contribution in [2.24, 2.45) is 0 Å². The summed E-state index contributed by atoms with van der Waals surface area (Å²) >= 11 is 0. The molecular weight excluding hydrogens is 253 g/mol. The lowest BCUT2D eigenvalue weighted by atomic mass is 10.0. The van der Waals surface area contributed by atoms with Gasteiger partial charge in [0.1, 0.15) is 11.6 Å². The highest BCUT2D eigenvalue weighted by atomic mass is 19.1. The van der Waals surface area contributed by atoms with E-state index in [0.717, 1.165) is 48.7 Å². The SMILES string of the molecule is CCc1nc(Cc2ccc(F)cc2)nc2c1CCNC2. The van der Waals surface area contributed by atoms with Crippen molar-refractivity contribution in [2.45, 2.75) is 32.7 Å². The Hall–Kier alpha value is -1.81. The molecule has 0 aliphatic carbocycles. The van der Waals surface area contributed by atoms with Crippen LogP contribution in [0.4, 0.5) is 4.39 Å². The Morgan fingerprint density at radius 2 is 2.00 bits per heavy atom. The molecule has 0 atom stereocenters. The lowest BCUT2D eigenvalue weighted by Crippen LogP contribution is -2.27. The van der Waals surface area contributed by atoms with E-state index < -0.39 is 0 Å². The molecule has 1 aromatic carbocycles. The lowest BCUT2D eigenvalue weighted by Gasteiger charge is -2.19. The third-order valence-corrected chi connectivity index (χ3v) is 3.68. The molecule has 3 rings (SSSR count). The van der Waals surface area contributed by atoms with Crippen LogP contribution in [0.1, 0.15) is 35.3 Å². The molecule has 0 saturated heterocycles. The van der Waals surface area contributed by atoms with E-state index in [1.807, 2.05) is 0 Å². The normalized spacial score (nSPS) is 14.1. The number of halogens is 1. The number of nitrogens with zero attached hydrogens (tertiary/aromatic N) is 2. The van der Waals surface area contributed by atoms with Crippen LogP contribution in [-0.2, 0) is 25.8 Å². The lowest BCUT2D eigenvalue weighted by molar-refractivity contribution is 0.609. The van der Waals surface area contributed by atoms with E-state index in [2.05, 4.69) is 22.2 Å². The minimum absolute atomic E-state index is 0.210. The number of hydrogen-bond donors (Lipinski definition) is 1. The molecule has 0 saturated carbocycles. The quantitative estimate of drug-likeness (QED) is 0.931. The highest BCUT2D eigenvalue weighted by molar-refractivity contribution is 5.30. The van der Waals surface area contributed by atoms with Gasteiger partial charge in [0.2, 0.25) is 0 Å². The molecule has 0 spiro atoms. The maximum Gasteiger partial charge on any atom is 0.133 e. The monoisotopic (exact) mass is 271 g/mol. The molecule has 0 fully saturated rings. The van der Waals surface area contributed by atoms with E-state index in [-0.39, 0.29) is 5.82 Å². The molecule has 0 radical (unpaired) electrons. The molecule has 0 bridgehead atoms. The van der Waals surface area contributed by atoms with Gasteiger partial charge in [-0.2, -0.15) is 0 Å². The van der Waals surface area contributed by atoms with Crippen LogP contribution in [0.15, 0.2) is 24.3 Å². The van der Waals surface area contributed by atoms with E-state index >= 15 is 0 Å². The van der Waals surface area contributed by atoms with Crippen LogP contribution in [0.3, 0.4) is 0 Å². The zero-order valence-corrected chi connectivity index (χ0v) is 11.6. The fourth-order valence-electron chi connectivity index (χ4n) is 2.65. The van der Waals surface area contributed by atoms with Gasteiger partial charge in [0.25, 0.3) is 0 Å². The largest absolute Gasteiger partial charge is 0.311 e. The molecule has 2 heterocycles. The van der Waals surface area contributed by atoms with Crippen LogP contribution in [0, 0.1) is 5.82 Å². The predicted octanol–water partition coefficient (Wildman–Crippen LogP) is 2.41. The van der Waals surface area contributed by atoms with Crippen molar-refractivity contribution < 1.29 is 4.39 Å². The van der Waals surface area contributed by atoms with Crippen LogP contribution in [0.2, 0.25) is 0 Å². The number of rotatable bonds is 3. The van der Waals surface area contributed by atoms with Crippen LogP contribution < -0.4 is 5.32 Å². The average Bonchev–Trinajstić information content (AvgIpc) is 2.49. The minimum atomic E-state index is -0.210. The van der Waals surface area contributed by atoms with Crippen molar-refractivity contribution in [3.8, 4) is 0 Å². The van der Waals surface area contributed by atoms with Gasteiger partial charge in [-0.15, -0.1) is 0 Å². The Kier molecular flexibility index (Phi) is 3.74. The molecule has 0 amide bonds. The summed E-state index contributed by atoms with van der Waals surface area (Å²) in [4.78, 5) is 9.36. The first-order valence-electron chi connectivity index (χ1n) is 7.09. The molecule has 1 aromatic heterocycles. The number of aromatic nitrogens is 2. The van der Waals surface area contributed by atoms with Gasteiger partial charge < -0.3 is 5.32 Å². The topological polar surface area (TPSA) is 37.8 Å². The summed E-state index contributed by atoms with van der Waals surface area (Å²) < 4.78 is 12.9. The van der Waals surface area contributed by atoms with E-state index in [0.29, 0.717) is 6.42 Å². The number of aryl methyl sites for hydroxylation is 1. The maximum absolute atomic E-state index is 12.9. The third-order valence-electron chi connectivity index (χ3n) is 3.68. The second kappa shape index (κ2) is 5.67. The van der Waals surface area contributed by atoms with E-state index in [1.165, 1.54) is 17.7 Å². The molecule has 4 heteroatoms. The van der Waals surface area contributed by atoms with Crippen LogP contribution in [-0.4, -0.2) is 16.5 Å². The van der Waals surface area contributed by atoms with Gasteiger partial charge in [-0.1, -0.05) is 19.1 Å². The molecule has 2 aromatic rings. The molecule has 1 N–H and O–H groups in total. The standard InChI is InChI=1S/C16H18FN3/c1-2-14-13-7-8-18-10-15(13)20-16(19-14)9-11-3-5-12(17)6-4-11/h3-6,18H,2,7-10H2,1H3. The smallest absolute Gasteiger partial charge is 0.133 e. The van der Waals surface area contributed by atoms with Gasteiger partial charge >= 0.3 is 0 Å². The first-order valence-corrected chi connectivity index (χ1v) is 7.09. The Morgan fingerprint density at radius 1 is 1.20 bits per heavy atom. The van der Waals surface area contributed by atoms with Crippen LogP contribution in [0.25, 0.3) is 0 Å². The fourth-order valence-corrected chi connectivity index (χ4v) is 2.65. The molecule has 1 aliphatic heterocycles. The van der Waals surface area contributed by atoms with Gasteiger partial charge in [-0.05, 0) is 42.6 Å². The molecule has 3 nitrogen and oxygen atoms in total. The Labute approximate surface area is 118 Å². The van der Waals surface area contributed by atoms with E-state index in [1.54, 1.807) is 12.1 Å². The van der Waals surface area contributed by atoms with Crippen molar-refractivity contribution in [2.75, 3.05) is 6.54 Å². The van der Waals surface area contributed by atoms with Crippen molar-refractivity contribution in [1.82, 2.24) is 15.3 Å². The van der Waals surface area contributed by atoms with Gasteiger partial charge in [0, 0.05) is 18.7 Å². The molecule has 1 aliphatic rings. The predicted molar refractivity (Wildman–Crippen MR) is 76.0 cm³/mol. The minimum Gasteiger partial charge on any atom is -0.311 e. The summed E-state index contributed by atoms with van der Waals surface area (Å²) in [7, 11) is 0. The molecule has 104 valence electrons. The third kappa shape index (κ3) is 2.70. The summed E-state index contributed by atoms with van der Waals surface area (Å²) in [5.41, 5.74) is 4.64. The van der Waals surface area contributed by atoms with Crippen molar-refractivity contribution >= 4 is 0 Å². The van der Waals surface area contributed by atoms with Gasteiger partial charge in [0.15, 0.2) is 0 Å². The van der Waals surface area contributed by atoms with Gasteiger partial charge in [0.05, 0.1) is 5.69 Å². The zero-order chi connectivity index (χ0) is 13.9. The van der Waals surface area contributed by atoms with Crippen molar-refractivity contribution in [3.05, 3.63) is 58.4 Å². The number of hydrogen-bond acceptors (Lipinski definition) is 3. The molecule has 0 unspecified atom stereocenters. The van der Waals surface area contributed by atoms with Gasteiger partial charge in [-0.3, -0.25) is 0 Å². The van der Waals surface area contributed by atoms with E-state index in [4.69, 9.17) is 0 Å². The summed E-state index contributed by atoms with van der Waals surface area (Å²) in [6.45, 7) is 3.95. The summed E-state index contributed by atoms with van der Waals surface area (Å²) in [5, 5.41) is 3.35. The second-order valence-electron chi connectivity index (χ2n) is 5.10. The van der Waals surface area contributed by atoms with E-state index in [9.17, 15) is 4.39 Å². The Balaban J connectivity index is 1.91. The highest BCUT2D eigenvalue weighted by Gasteiger charge is 2.16. The number of benzene rings is 1. The maximum atomic E-state index is 12.9. The Bertz CT molecular complexity index is 591. The first-order chi connectivity index (χ1) is 9.76. The second-order valence-corrected chi connectivity index (χ2v) is 5.10. The highest BCUT2D eigenvalue weighted by Crippen LogP contribution is 2.18. The zero-order valence-electron chi connectivity index (χ0n) is 11.6. The molecule has 20 heavy (non-hydrogen) atoms. The van der Waals surface area contributed by atoms with Crippen molar-refractivity contribution in [3.63, 3.8) is 0 Å². The summed E-state index contributed by atoms with van der Waals surface area (Å²) in [6.07, 6.45) is 2.59. The molecular formula is C16H18FN3. The first kappa shape index (κ1) is 13.2.